The van der Waals surface area contributed by atoms with Crippen molar-refractivity contribution in [3.63, 3.8) is 0 Å². The molecule has 0 radical (unpaired) electrons. The van der Waals surface area contributed by atoms with Crippen molar-refractivity contribution in [2.75, 3.05) is 14.2 Å². The van der Waals surface area contributed by atoms with E-state index >= 15 is 0 Å². The van der Waals surface area contributed by atoms with Crippen LogP contribution in [-0.4, -0.2) is 24.9 Å². The van der Waals surface area contributed by atoms with Gasteiger partial charge in [-0.3, -0.25) is 0 Å². The van der Waals surface area contributed by atoms with Crippen LogP contribution < -0.4 is 4.74 Å². The molecule has 3 heteroatoms. The molecule has 0 bridgehead atoms. The molecule has 1 N–H and O–H groups in total. The molecule has 0 saturated heterocycles. The second-order valence-electron chi connectivity index (χ2n) is 6.55. The fourth-order valence-electron chi connectivity index (χ4n) is 3.32. The lowest BCUT2D eigenvalue weighted by Gasteiger charge is -2.38. The Morgan fingerprint density at radius 3 is 2.40 bits per heavy atom. The van der Waals surface area contributed by atoms with Crippen molar-refractivity contribution in [2.45, 2.75) is 24.5 Å². The highest BCUT2D eigenvalue weighted by Crippen LogP contribution is 2.43. The zero-order valence-electron chi connectivity index (χ0n) is 14.9. The third-order valence-electron chi connectivity index (χ3n) is 4.90. The van der Waals surface area contributed by atoms with Crippen molar-refractivity contribution in [3.8, 4) is 5.75 Å². The minimum Gasteiger partial charge on any atom is -0.497 e. The fraction of sp³-hybridized carbons (Fsp3) is 0.273. The molecule has 2 unspecified atom stereocenters. The Hall–Kier alpha value is -2.36. The number of rotatable bonds is 5. The van der Waals surface area contributed by atoms with E-state index in [1.807, 2.05) is 79.7 Å². The predicted octanol–water partition coefficient (Wildman–Crippen LogP) is 4.22. The van der Waals surface area contributed by atoms with E-state index in [0.717, 1.165) is 16.7 Å². The number of ether oxygens (including phenoxy) is 2. The van der Waals surface area contributed by atoms with E-state index in [1.165, 1.54) is 0 Å². The van der Waals surface area contributed by atoms with Crippen molar-refractivity contribution in [3.05, 3.63) is 89.5 Å². The second-order valence-corrected chi connectivity index (χ2v) is 6.55. The molecule has 1 aliphatic carbocycles. The monoisotopic (exact) mass is 336 g/mol. The zero-order chi connectivity index (χ0) is 17.9. The predicted molar refractivity (Wildman–Crippen MR) is 99.7 cm³/mol. The van der Waals surface area contributed by atoms with Gasteiger partial charge in [-0.15, -0.1) is 0 Å². The Bertz CT molecular complexity index is 794. The molecule has 0 amide bonds. The summed E-state index contributed by atoms with van der Waals surface area (Å²) in [4.78, 5) is 0. The Morgan fingerprint density at radius 2 is 1.72 bits per heavy atom. The second kappa shape index (κ2) is 6.87. The summed E-state index contributed by atoms with van der Waals surface area (Å²) < 4.78 is 11.0. The molecule has 0 spiro atoms. The first-order valence-corrected chi connectivity index (χ1v) is 8.38. The van der Waals surface area contributed by atoms with Gasteiger partial charge < -0.3 is 14.6 Å². The van der Waals surface area contributed by atoms with Crippen LogP contribution in [0.5, 0.6) is 5.75 Å². The SMILES string of the molecule is COc1cccc(C(O)(C2=CC=CC(C)(OC)C2)c2ccccc2)c1. The van der Waals surface area contributed by atoms with Crippen LogP contribution in [0.15, 0.2) is 78.4 Å². The van der Waals surface area contributed by atoms with Crippen LogP contribution in [-0.2, 0) is 10.3 Å². The van der Waals surface area contributed by atoms with E-state index in [9.17, 15) is 5.11 Å². The molecule has 0 saturated carbocycles. The van der Waals surface area contributed by atoms with Crippen LogP contribution >= 0.6 is 0 Å². The van der Waals surface area contributed by atoms with Crippen LogP contribution in [0, 0.1) is 0 Å². The minimum atomic E-state index is -1.25. The summed E-state index contributed by atoms with van der Waals surface area (Å²) in [5, 5.41) is 11.9. The molecule has 0 fully saturated rings. The average molecular weight is 336 g/mol. The van der Waals surface area contributed by atoms with Crippen LogP contribution in [0.25, 0.3) is 0 Å². The summed E-state index contributed by atoms with van der Waals surface area (Å²) in [7, 11) is 3.33. The lowest BCUT2D eigenvalue weighted by atomic mass is 9.74. The molecule has 3 nitrogen and oxygen atoms in total. The molecule has 2 aromatic rings. The standard InChI is InChI=1S/C22H24O3/c1-21(25-3)14-8-12-19(16-21)22(23,17-9-5-4-6-10-17)18-11-7-13-20(15-18)24-2/h4-15,23H,16H2,1-3H3. The number of benzene rings is 2. The molecule has 0 aromatic heterocycles. The number of hydrogen-bond donors (Lipinski definition) is 1. The highest BCUT2D eigenvalue weighted by Gasteiger charge is 2.40. The highest BCUT2D eigenvalue weighted by molar-refractivity contribution is 5.49. The molecule has 1 aliphatic rings. The highest BCUT2D eigenvalue weighted by atomic mass is 16.5. The molecule has 2 atom stereocenters. The van der Waals surface area contributed by atoms with E-state index < -0.39 is 11.2 Å². The molecule has 0 aliphatic heterocycles. The van der Waals surface area contributed by atoms with Gasteiger partial charge in [-0.2, -0.15) is 0 Å². The smallest absolute Gasteiger partial charge is 0.137 e. The molecular formula is C22H24O3. The lowest BCUT2D eigenvalue weighted by Crippen LogP contribution is -2.36. The van der Waals surface area contributed by atoms with Crippen molar-refractivity contribution in [1.29, 1.82) is 0 Å². The quantitative estimate of drug-likeness (QED) is 0.888. The van der Waals surface area contributed by atoms with Gasteiger partial charge in [0.1, 0.15) is 11.4 Å². The number of hydrogen-bond acceptors (Lipinski definition) is 3. The van der Waals surface area contributed by atoms with Crippen LogP contribution in [0.3, 0.4) is 0 Å². The number of allylic oxidation sites excluding steroid dienone is 2. The van der Waals surface area contributed by atoms with Crippen molar-refractivity contribution in [1.82, 2.24) is 0 Å². The normalized spacial score (nSPS) is 22.2. The van der Waals surface area contributed by atoms with Crippen LogP contribution in [0.1, 0.15) is 24.5 Å². The lowest BCUT2D eigenvalue weighted by molar-refractivity contribution is 0.0323. The van der Waals surface area contributed by atoms with Crippen LogP contribution in [0.2, 0.25) is 0 Å². The summed E-state index contributed by atoms with van der Waals surface area (Å²) in [6.45, 7) is 2.02. The van der Waals surface area contributed by atoms with Gasteiger partial charge in [0.05, 0.1) is 12.7 Å². The summed E-state index contributed by atoms with van der Waals surface area (Å²) >= 11 is 0. The minimum absolute atomic E-state index is 0.439. The number of aliphatic hydroxyl groups is 1. The molecule has 130 valence electrons. The third-order valence-corrected chi connectivity index (χ3v) is 4.90. The summed E-state index contributed by atoms with van der Waals surface area (Å²) in [6, 6.07) is 17.3. The van der Waals surface area contributed by atoms with Gasteiger partial charge >= 0.3 is 0 Å². The van der Waals surface area contributed by atoms with Gasteiger partial charge in [0, 0.05) is 13.5 Å². The van der Waals surface area contributed by atoms with E-state index in [0.29, 0.717) is 12.2 Å². The van der Waals surface area contributed by atoms with Crippen molar-refractivity contribution in [2.24, 2.45) is 0 Å². The van der Waals surface area contributed by atoms with Crippen molar-refractivity contribution >= 4 is 0 Å². The van der Waals surface area contributed by atoms with E-state index in [1.54, 1.807) is 14.2 Å². The summed E-state index contributed by atoms with van der Waals surface area (Å²) in [5.74, 6) is 0.716. The van der Waals surface area contributed by atoms with Gasteiger partial charge in [0.2, 0.25) is 0 Å². The Labute approximate surface area is 149 Å². The molecule has 25 heavy (non-hydrogen) atoms. The molecule has 0 heterocycles. The van der Waals surface area contributed by atoms with Gasteiger partial charge in [-0.25, -0.2) is 0 Å². The van der Waals surface area contributed by atoms with Crippen molar-refractivity contribution < 1.29 is 14.6 Å². The zero-order valence-corrected chi connectivity index (χ0v) is 14.9. The molecular weight excluding hydrogens is 312 g/mol. The van der Waals surface area contributed by atoms with E-state index in [2.05, 4.69) is 0 Å². The van der Waals surface area contributed by atoms with Gasteiger partial charge in [0.15, 0.2) is 0 Å². The topological polar surface area (TPSA) is 38.7 Å². The maximum Gasteiger partial charge on any atom is 0.137 e. The first-order valence-electron chi connectivity index (χ1n) is 8.38. The first kappa shape index (κ1) is 17.5. The fourth-order valence-corrected chi connectivity index (χ4v) is 3.32. The van der Waals surface area contributed by atoms with E-state index in [4.69, 9.17) is 9.47 Å². The maximum absolute atomic E-state index is 11.9. The van der Waals surface area contributed by atoms with Gasteiger partial charge in [-0.1, -0.05) is 60.7 Å². The number of methoxy groups -OCH3 is 2. The summed E-state index contributed by atoms with van der Waals surface area (Å²) in [5.41, 5.74) is 0.798. The maximum atomic E-state index is 11.9. The molecule has 3 rings (SSSR count). The Morgan fingerprint density at radius 1 is 1.00 bits per heavy atom. The first-order chi connectivity index (χ1) is 12.0. The largest absolute Gasteiger partial charge is 0.497 e. The van der Waals surface area contributed by atoms with Crippen LogP contribution in [0.4, 0.5) is 0 Å². The van der Waals surface area contributed by atoms with Gasteiger partial charge in [0.25, 0.3) is 0 Å². The summed E-state index contributed by atoms with van der Waals surface area (Å²) in [6.07, 6.45) is 6.56. The molecule has 2 aromatic carbocycles. The average Bonchev–Trinajstić information content (AvgIpc) is 2.68. The Kier molecular flexibility index (Phi) is 4.80. The van der Waals surface area contributed by atoms with E-state index in [-0.39, 0.29) is 0 Å². The third kappa shape index (κ3) is 3.26. The Balaban J connectivity index is 2.17. The van der Waals surface area contributed by atoms with Gasteiger partial charge in [-0.05, 0) is 35.8 Å².